The van der Waals surface area contributed by atoms with Gasteiger partial charge < -0.3 is 10.4 Å². The molecule has 1 aromatic heterocycles. The summed E-state index contributed by atoms with van der Waals surface area (Å²) in [7, 11) is 0. The summed E-state index contributed by atoms with van der Waals surface area (Å²) in [4.78, 5) is 23.0. The average molecular weight is 300 g/mol. The lowest BCUT2D eigenvalue weighted by molar-refractivity contribution is -0.125. The minimum Gasteiger partial charge on any atom is -0.476 e. The molecule has 1 aliphatic rings. The summed E-state index contributed by atoms with van der Waals surface area (Å²) in [5, 5.41) is 19.0. The minimum absolute atomic E-state index is 0.0468. The Kier molecular flexibility index (Phi) is 3.62. The van der Waals surface area contributed by atoms with Gasteiger partial charge in [-0.15, -0.1) is 5.10 Å². The Bertz CT molecular complexity index is 692. The summed E-state index contributed by atoms with van der Waals surface area (Å²) in [5.74, 6) is -1.36. The molecule has 22 heavy (non-hydrogen) atoms. The van der Waals surface area contributed by atoms with Gasteiger partial charge in [-0.05, 0) is 24.8 Å². The van der Waals surface area contributed by atoms with E-state index in [0.29, 0.717) is 0 Å². The number of carbonyl (C=O) groups is 2. The lowest BCUT2D eigenvalue weighted by atomic mass is 9.72. The Morgan fingerprint density at radius 1 is 1.27 bits per heavy atom. The van der Waals surface area contributed by atoms with Crippen molar-refractivity contribution in [2.45, 2.75) is 31.3 Å². The Morgan fingerprint density at radius 3 is 2.55 bits per heavy atom. The predicted molar refractivity (Wildman–Crippen MR) is 77.1 cm³/mol. The highest BCUT2D eigenvalue weighted by Crippen LogP contribution is 2.41. The van der Waals surface area contributed by atoms with Crippen LogP contribution in [0.5, 0.6) is 0 Å². The largest absolute Gasteiger partial charge is 0.476 e. The summed E-state index contributed by atoms with van der Waals surface area (Å²) in [6.45, 7) is -0.0468. The number of aromatic carboxylic acids is 1. The van der Waals surface area contributed by atoms with E-state index in [2.05, 4.69) is 15.6 Å². The van der Waals surface area contributed by atoms with Crippen LogP contribution >= 0.6 is 0 Å². The molecular weight excluding hydrogens is 284 g/mol. The van der Waals surface area contributed by atoms with Crippen molar-refractivity contribution in [3.05, 3.63) is 47.8 Å². The van der Waals surface area contributed by atoms with Crippen LogP contribution in [0.25, 0.3) is 0 Å². The minimum atomic E-state index is -1.16. The standard InChI is InChI=1S/C15H16N4O3/c20-13(10-19-9-12(14(21)22)17-18-19)16-15(7-4-8-15)11-5-2-1-3-6-11/h1-3,5-6,9H,4,7-8,10H2,(H,16,20)(H,21,22). The number of carboxylic acid groups (broad SMARTS) is 1. The summed E-state index contributed by atoms with van der Waals surface area (Å²) in [6, 6.07) is 9.88. The topological polar surface area (TPSA) is 97.1 Å². The lowest BCUT2D eigenvalue weighted by Gasteiger charge is -2.43. The third kappa shape index (κ3) is 2.69. The van der Waals surface area contributed by atoms with Gasteiger partial charge in [0.05, 0.1) is 11.7 Å². The molecule has 0 saturated heterocycles. The molecule has 114 valence electrons. The zero-order chi connectivity index (χ0) is 15.6. The fraction of sp³-hybridized carbons (Fsp3) is 0.333. The summed E-state index contributed by atoms with van der Waals surface area (Å²) in [5.41, 5.74) is 0.614. The van der Waals surface area contributed by atoms with Gasteiger partial charge in [0.2, 0.25) is 5.91 Å². The van der Waals surface area contributed by atoms with Crippen molar-refractivity contribution in [2.75, 3.05) is 0 Å². The quantitative estimate of drug-likeness (QED) is 0.864. The Hall–Kier alpha value is -2.70. The number of benzene rings is 1. The van der Waals surface area contributed by atoms with Gasteiger partial charge in [-0.1, -0.05) is 35.5 Å². The third-order valence-electron chi connectivity index (χ3n) is 3.98. The SMILES string of the molecule is O=C(Cn1cc(C(=O)O)nn1)NC1(c2ccccc2)CCC1. The first-order valence-corrected chi connectivity index (χ1v) is 7.09. The zero-order valence-electron chi connectivity index (χ0n) is 11.9. The van der Waals surface area contributed by atoms with Crippen molar-refractivity contribution >= 4 is 11.9 Å². The molecule has 1 saturated carbocycles. The molecule has 1 heterocycles. The number of nitrogens with one attached hydrogen (secondary N) is 1. The molecule has 0 aliphatic heterocycles. The van der Waals surface area contributed by atoms with E-state index in [1.807, 2.05) is 30.3 Å². The molecular formula is C15H16N4O3. The van der Waals surface area contributed by atoms with Gasteiger partial charge in [0.1, 0.15) is 6.54 Å². The van der Waals surface area contributed by atoms with E-state index in [1.54, 1.807) is 0 Å². The second-order valence-corrected chi connectivity index (χ2v) is 5.46. The third-order valence-corrected chi connectivity index (χ3v) is 3.98. The van der Waals surface area contributed by atoms with Gasteiger partial charge in [-0.3, -0.25) is 4.79 Å². The molecule has 0 atom stereocenters. The number of carbonyl (C=O) groups excluding carboxylic acids is 1. The van der Waals surface area contributed by atoms with E-state index in [4.69, 9.17) is 5.11 Å². The van der Waals surface area contributed by atoms with Gasteiger partial charge in [-0.2, -0.15) is 0 Å². The molecule has 2 aromatic rings. The van der Waals surface area contributed by atoms with E-state index >= 15 is 0 Å². The molecule has 0 bridgehead atoms. The highest BCUT2D eigenvalue weighted by atomic mass is 16.4. The highest BCUT2D eigenvalue weighted by Gasteiger charge is 2.39. The van der Waals surface area contributed by atoms with Gasteiger partial charge in [0, 0.05) is 0 Å². The number of nitrogens with zero attached hydrogens (tertiary/aromatic N) is 3. The van der Waals surface area contributed by atoms with Crippen LogP contribution in [0.2, 0.25) is 0 Å². The van der Waals surface area contributed by atoms with Crippen LogP contribution < -0.4 is 5.32 Å². The molecule has 1 aromatic carbocycles. The van der Waals surface area contributed by atoms with Crippen LogP contribution in [-0.2, 0) is 16.9 Å². The predicted octanol–water partition coefficient (Wildman–Crippen LogP) is 1.17. The van der Waals surface area contributed by atoms with Crippen LogP contribution in [0.3, 0.4) is 0 Å². The van der Waals surface area contributed by atoms with E-state index < -0.39 is 5.97 Å². The molecule has 1 amide bonds. The van der Waals surface area contributed by atoms with Crippen LogP contribution in [-0.4, -0.2) is 32.0 Å². The van der Waals surface area contributed by atoms with E-state index in [1.165, 1.54) is 10.9 Å². The molecule has 3 rings (SSSR count). The molecule has 2 N–H and O–H groups in total. The number of amides is 1. The molecule has 7 heteroatoms. The molecule has 0 spiro atoms. The Labute approximate surface area is 126 Å². The van der Waals surface area contributed by atoms with Crippen LogP contribution in [0.1, 0.15) is 35.3 Å². The van der Waals surface area contributed by atoms with Crippen LogP contribution in [0.15, 0.2) is 36.5 Å². The summed E-state index contributed by atoms with van der Waals surface area (Å²) < 4.78 is 1.23. The van der Waals surface area contributed by atoms with Gasteiger partial charge in [0.15, 0.2) is 5.69 Å². The second kappa shape index (κ2) is 5.59. The Morgan fingerprint density at radius 2 is 2.00 bits per heavy atom. The molecule has 0 unspecified atom stereocenters. The molecule has 1 aliphatic carbocycles. The van der Waals surface area contributed by atoms with Crippen molar-refractivity contribution in [1.29, 1.82) is 0 Å². The van der Waals surface area contributed by atoms with Crippen LogP contribution in [0.4, 0.5) is 0 Å². The number of hydrogen-bond acceptors (Lipinski definition) is 4. The summed E-state index contributed by atoms with van der Waals surface area (Å²) in [6.07, 6.45) is 4.13. The first kappa shape index (κ1) is 14.2. The van der Waals surface area contributed by atoms with E-state index in [-0.39, 0.29) is 23.7 Å². The second-order valence-electron chi connectivity index (χ2n) is 5.46. The summed E-state index contributed by atoms with van der Waals surface area (Å²) >= 11 is 0. The molecule has 0 radical (unpaired) electrons. The zero-order valence-corrected chi connectivity index (χ0v) is 11.9. The van der Waals surface area contributed by atoms with Crippen LogP contribution in [0, 0.1) is 0 Å². The molecule has 1 fully saturated rings. The van der Waals surface area contributed by atoms with Crippen molar-refractivity contribution in [3.8, 4) is 0 Å². The maximum atomic E-state index is 12.2. The van der Waals surface area contributed by atoms with Gasteiger partial charge in [0.25, 0.3) is 0 Å². The van der Waals surface area contributed by atoms with Crippen molar-refractivity contribution in [3.63, 3.8) is 0 Å². The highest BCUT2D eigenvalue weighted by molar-refractivity contribution is 5.84. The normalized spacial score (nSPS) is 15.8. The molecule has 7 nitrogen and oxygen atoms in total. The van der Waals surface area contributed by atoms with Gasteiger partial charge >= 0.3 is 5.97 Å². The first-order valence-electron chi connectivity index (χ1n) is 7.09. The van der Waals surface area contributed by atoms with E-state index in [9.17, 15) is 9.59 Å². The number of aromatic nitrogens is 3. The monoisotopic (exact) mass is 300 g/mol. The average Bonchev–Trinajstić information content (AvgIpc) is 2.92. The maximum Gasteiger partial charge on any atom is 0.358 e. The van der Waals surface area contributed by atoms with Crippen molar-refractivity contribution < 1.29 is 14.7 Å². The fourth-order valence-corrected chi connectivity index (χ4v) is 2.70. The number of carboxylic acids is 1. The number of rotatable bonds is 5. The van der Waals surface area contributed by atoms with Crippen molar-refractivity contribution in [1.82, 2.24) is 20.3 Å². The smallest absolute Gasteiger partial charge is 0.358 e. The Balaban J connectivity index is 1.69. The van der Waals surface area contributed by atoms with E-state index in [0.717, 1.165) is 24.8 Å². The maximum absolute atomic E-state index is 12.2. The fourth-order valence-electron chi connectivity index (χ4n) is 2.70. The van der Waals surface area contributed by atoms with Gasteiger partial charge in [-0.25, -0.2) is 9.48 Å². The lowest BCUT2D eigenvalue weighted by Crippen LogP contribution is -2.51. The van der Waals surface area contributed by atoms with Crippen molar-refractivity contribution in [2.24, 2.45) is 0 Å². The first-order chi connectivity index (χ1) is 10.6. The number of hydrogen-bond donors (Lipinski definition) is 2.